The summed E-state index contributed by atoms with van der Waals surface area (Å²) >= 11 is 1.21. The van der Waals surface area contributed by atoms with Crippen molar-refractivity contribution in [2.45, 2.75) is 25.9 Å². The molecule has 0 radical (unpaired) electrons. The first kappa shape index (κ1) is 17.6. The van der Waals surface area contributed by atoms with Crippen LogP contribution in [-0.4, -0.2) is 16.5 Å². The Bertz CT molecular complexity index is 872. The molecule has 25 heavy (non-hydrogen) atoms. The minimum absolute atomic E-state index is 0.195. The van der Waals surface area contributed by atoms with Crippen LogP contribution in [0.15, 0.2) is 30.3 Å². The Morgan fingerprint density at radius 3 is 2.52 bits per heavy atom. The van der Waals surface area contributed by atoms with E-state index in [1.807, 2.05) is 6.92 Å². The van der Waals surface area contributed by atoms with Gasteiger partial charge in [0.05, 0.1) is 5.39 Å². The fourth-order valence-corrected chi connectivity index (χ4v) is 3.33. The Kier molecular flexibility index (Phi) is 4.89. The molecule has 0 atom stereocenters. The summed E-state index contributed by atoms with van der Waals surface area (Å²) in [5.74, 6) is -1.23. The summed E-state index contributed by atoms with van der Waals surface area (Å²) in [5, 5.41) is 3.57. The maximum atomic E-state index is 13.0. The zero-order valence-electron chi connectivity index (χ0n) is 13.3. The monoisotopic (exact) mass is 369 g/mol. The van der Waals surface area contributed by atoms with Crippen molar-refractivity contribution in [2.24, 2.45) is 0 Å². The van der Waals surface area contributed by atoms with Crippen LogP contribution in [0.5, 0.6) is 0 Å². The van der Waals surface area contributed by atoms with Crippen LogP contribution in [-0.2, 0) is 12.6 Å². The molecule has 0 aliphatic heterocycles. The summed E-state index contributed by atoms with van der Waals surface area (Å²) in [7, 11) is 0. The van der Waals surface area contributed by atoms with E-state index < -0.39 is 12.0 Å². The number of hydrogen-bond donors (Lipinski definition) is 1. The Labute approximate surface area is 145 Å². The van der Waals surface area contributed by atoms with Crippen molar-refractivity contribution < 1.29 is 17.6 Å². The second kappa shape index (κ2) is 6.95. The second-order valence-electron chi connectivity index (χ2n) is 5.63. The van der Waals surface area contributed by atoms with Gasteiger partial charge >= 0.3 is 6.18 Å². The average Bonchev–Trinajstić information content (AvgIpc) is 2.92. The quantitative estimate of drug-likeness (QED) is 0.496. The van der Waals surface area contributed by atoms with Crippen LogP contribution in [0.25, 0.3) is 10.2 Å². The third-order valence-corrected chi connectivity index (χ3v) is 4.56. The van der Waals surface area contributed by atoms with E-state index in [2.05, 4.69) is 15.3 Å². The molecule has 0 aliphatic carbocycles. The summed E-state index contributed by atoms with van der Waals surface area (Å²) in [5.41, 5.74) is 0.971. The SMILES string of the molecule is Cc1cc2c(NCCCc3ccc(F)cc3)nc(C(F)(F)F)nc2s1. The van der Waals surface area contributed by atoms with Crippen molar-refractivity contribution in [1.82, 2.24) is 9.97 Å². The molecule has 0 saturated heterocycles. The van der Waals surface area contributed by atoms with E-state index in [0.29, 0.717) is 29.6 Å². The normalized spacial score (nSPS) is 11.9. The lowest BCUT2D eigenvalue weighted by atomic mass is 10.1. The van der Waals surface area contributed by atoms with E-state index in [4.69, 9.17) is 0 Å². The topological polar surface area (TPSA) is 37.8 Å². The predicted molar refractivity (Wildman–Crippen MR) is 90.4 cm³/mol. The Hall–Kier alpha value is -2.22. The predicted octanol–water partition coefficient (Wildman–Crippen LogP) is 5.20. The largest absolute Gasteiger partial charge is 0.451 e. The maximum Gasteiger partial charge on any atom is 0.451 e. The van der Waals surface area contributed by atoms with Crippen LogP contribution in [0.4, 0.5) is 23.4 Å². The van der Waals surface area contributed by atoms with Gasteiger partial charge in [0.25, 0.3) is 0 Å². The number of rotatable bonds is 5. The van der Waals surface area contributed by atoms with Crippen molar-refractivity contribution in [3.05, 3.63) is 52.4 Å². The highest BCUT2D eigenvalue weighted by molar-refractivity contribution is 7.18. The fraction of sp³-hybridized carbons (Fsp3) is 0.294. The highest BCUT2D eigenvalue weighted by Crippen LogP contribution is 2.33. The molecule has 8 heteroatoms. The Balaban J connectivity index is 1.72. The van der Waals surface area contributed by atoms with Gasteiger partial charge in [0.15, 0.2) is 0 Å². The Morgan fingerprint density at radius 1 is 1.12 bits per heavy atom. The molecule has 0 spiro atoms. The number of anilines is 1. The summed E-state index contributed by atoms with van der Waals surface area (Å²) in [6.07, 6.45) is -3.21. The first-order chi connectivity index (χ1) is 11.8. The van der Waals surface area contributed by atoms with Gasteiger partial charge in [-0.25, -0.2) is 14.4 Å². The molecule has 0 unspecified atom stereocenters. The molecule has 2 aromatic heterocycles. The van der Waals surface area contributed by atoms with Gasteiger partial charge in [0, 0.05) is 11.4 Å². The summed E-state index contributed by atoms with van der Waals surface area (Å²) in [6, 6.07) is 7.95. The van der Waals surface area contributed by atoms with Crippen LogP contribution in [0.3, 0.4) is 0 Å². The molecule has 3 nitrogen and oxygen atoms in total. The van der Waals surface area contributed by atoms with Crippen molar-refractivity contribution in [2.75, 3.05) is 11.9 Å². The molecule has 0 saturated carbocycles. The molecule has 0 aliphatic rings. The number of thiophene rings is 1. The zero-order valence-corrected chi connectivity index (χ0v) is 14.1. The molecular weight excluding hydrogens is 354 g/mol. The number of alkyl halides is 3. The third kappa shape index (κ3) is 4.25. The number of hydrogen-bond acceptors (Lipinski definition) is 4. The maximum absolute atomic E-state index is 13.0. The molecule has 0 amide bonds. The molecule has 0 bridgehead atoms. The molecule has 2 heterocycles. The number of fused-ring (bicyclic) bond motifs is 1. The molecule has 1 aromatic carbocycles. The van der Waals surface area contributed by atoms with Gasteiger partial charge in [-0.1, -0.05) is 12.1 Å². The minimum Gasteiger partial charge on any atom is -0.369 e. The molecule has 3 aromatic rings. The molecular formula is C17H15F4N3S. The van der Waals surface area contributed by atoms with E-state index in [1.165, 1.54) is 23.5 Å². The van der Waals surface area contributed by atoms with Gasteiger partial charge in [-0.3, -0.25) is 0 Å². The van der Waals surface area contributed by atoms with Gasteiger partial charge in [-0.05, 0) is 43.5 Å². The number of nitrogens with zero attached hydrogens (tertiary/aromatic N) is 2. The van der Waals surface area contributed by atoms with E-state index in [-0.39, 0.29) is 11.6 Å². The lowest BCUT2D eigenvalue weighted by molar-refractivity contribution is -0.144. The van der Waals surface area contributed by atoms with Crippen LogP contribution in [0.2, 0.25) is 0 Å². The molecule has 0 fully saturated rings. The zero-order chi connectivity index (χ0) is 18.0. The van der Waals surface area contributed by atoms with E-state index in [0.717, 1.165) is 10.4 Å². The first-order valence-electron chi connectivity index (χ1n) is 7.66. The van der Waals surface area contributed by atoms with Gasteiger partial charge in [0.1, 0.15) is 16.5 Å². The highest BCUT2D eigenvalue weighted by Gasteiger charge is 2.35. The standard InChI is InChI=1S/C17H15F4N3S/c1-10-9-13-14(23-16(17(19,20)21)24-15(13)25-10)22-8-2-3-11-4-6-12(18)7-5-11/h4-7,9H,2-3,8H2,1H3,(H,22,23,24). The van der Waals surface area contributed by atoms with Crippen molar-refractivity contribution in [3.8, 4) is 0 Å². The Morgan fingerprint density at radius 2 is 1.84 bits per heavy atom. The van der Waals surface area contributed by atoms with Gasteiger partial charge in [-0.15, -0.1) is 11.3 Å². The number of aromatic nitrogens is 2. The van der Waals surface area contributed by atoms with E-state index >= 15 is 0 Å². The third-order valence-electron chi connectivity index (χ3n) is 3.62. The fourth-order valence-electron chi connectivity index (χ4n) is 2.45. The lowest BCUT2D eigenvalue weighted by Gasteiger charge is -2.10. The number of aryl methyl sites for hydroxylation is 2. The minimum atomic E-state index is -4.59. The van der Waals surface area contributed by atoms with Crippen molar-refractivity contribution >= 4 is 27.4 Å². The van der Waals surface area contributed by atoms with E-state index in [9.17, 15) is 17.6 Å². The number of nitrogens with one attached hydrogen (secondary N) is 1. The van der Waals surface area contributed by atoms with Gasteiger partial charge < -0.3 is 5.32 Å². The molecule has 3 rings (SSSR count). The number of benzene rings is 1. The van der Waals surface area contributed by atoms with Gasteiger partial charge in [0.2, 0.25) is 5.82 Å². The van der Waals surface area contributed by atoms with E-state index in [1.54, 1.807) is 18.2 Å². The van der Waals surface area contributed by atoms with Crippen LogP contribution in [0, 0.1) is 12.7 Å². The average molecular weight is 369 g/mol. The van der Waals surface area contributed by atoms with Crippen LogP contribution in [0.1, 0.15) is 22.7 Å². The van der Waals surface area contributed by atoms with Crippen molar-refractivity contribution in [1.29, 1.82) is 0 Å². The smallest absolute Gasteiger partial charge is 0.369 e. The lowest BCUT2D eigenvalue weighted by Crippen LogP contribution is -2.13. The van der Waals surface area contributed by atoms with Crippen molar-refractivity contribution in [3.63, 3.8) is 0 Å². The number of halogens is 4. The second-order valence-corrected chi connectivity index (χ2v) is 6.86. The highest BCUT2D eigenvalue weighted by atomic mass is 32.1. The van der Waals surface area contributed by atoms with Crippen LogP contribution >= 0.6 is 11.3 Å². The molecule has 1 N–H and O–H groups in total. The summed E-state index contributed by atoms with van der Waals surface area (Å²) in [6.45, 7) is 2.27. The summed E-state index contributed by atoms with van der Waals surface area (Å²) < 4.78 is 51.8. The van der Waals surface area contributed by atoms with Crippen LogP contribution < -0.4 is 5.32 Å². The summed E-state index contributed by atoms with van der Waals surface area (Å²) in [4.78, 5) is 8.46. The molecule has 132 valence electrons. The van der Waals surface area contributed by atoms with Gasteiger partial charge in [-0.2, -0.15) is 13.2 Å². The first-order valence-corrected chi connectivity index (χ1v) is 8.48.